The van der Waals surface area contributed by atoms with Crippen molar-refractivity contribution in [2.45, 2.75) is 59.0 Å². The summed E-state index contributed by atoms with van der Waals surface area (Å²) in [5, 5.41) is 3.82. The summed E-state index contributed by atoms with van der Waals surface area (Å²) >= 11 is 6.34. The van der Waals surface area contributed by atoms with Crippen molar-refractivity contribution < 1.29 is 14.3 Å². The molecule has 0 radical (unpaired) electrons. The second-order valence-corrected chi connectivity index (χ2v) is 11.9. The molecule has 2 aromatic carbocycles. The van der Waals surface area contributed by atoms with E-state index in [0.717, 1.165) is 67.2 Å². The number of benzene rings is 2. The number of nitrogens with one attached hydrogen (secondary N) is 1. The summed E-state index contributed by atoms with van der Waals surface area (Å²) in [6.07, 6.45) is 3.43. The molecule has 0 bridgehead atoms. The molecule has 1 spiro atoms. The quantitative estimate of drug-likeness (QED) is 0.437. The first-order valence-corrected chi connectivity index (χ1v) is 13.7. The summed E-state index contributed by atoms with van der Waals surface area (Å²) in [6.45, 7) is 9.54. The second-order valence-electron chi connectivity index (χ2n) is 11.5. The lowest BCUT2D eigenvalue weighted by molar-refractivity contribution is -0.139. The lowest BCUT2D eigenvalue weighted by Crippen LogP contribution is -2.46. The fourth-order valence-electron chi connectivity index (χ4n) is 5.58. The van der Waals surface area contributed by atoms with E-state index in [1.165, 1.54) is 0 Å². The first-order chi connectivity index (χ1) is 17.6. The highest BCUT2D eigenvalue weighted by Gasteiger charge is 2.48. The van der Waals surface area contributed by atoms with Crippen LogP contribution in [0.3, 0.4) is 0 Å². The summed E-state index contributed by atoms with van der Waals surface area (Å²) in [5.74, 6) is 1.18. The van der Waals surface area contributed by atoms with Crippen LogP contribution in [0.25, 0.3) is 0 Å². The monoisotopic (exact) mass is 561 g/mol. The van der Waals surface area contributed by atoms with Crippen molar-refractivity contribution in [2.24, 2.45) is 10.8 Å². The van der Waals surface area contributed by atoms with Gasteiger partial charge in [0.2, 0.25) is 11.8 Å². The van der Waals surface area contributed by atoms with E-state index in [1.54, 1.807) is 7.11 Å². The first kappa shape index (κ1) is 30.3. The summed E-state index contributed by atoms with van der Waals surface area (Å²) in [7, 11) is 1.66. The number of carbonyl (C=O) groups is 2. The Hall–Kier alpha value is -2.28. The van der Waals surface area contributed by atoms with Crippen molar-refractivity contribution in [3.63, 3.8) is 0 Å². The Morgan fingerprint density at radius 2 is 1.74 bits per heavy atom. The van der Waals surface area contributed by atoms with Crippen LogP contribution in [0.5, 0.6) is 5.75 Å². The van der Waals surface area contributed by atoms with Crippen molar-refractivity contribution in [1.82, 2.24) is 15.1 Å². The molecule has 1 N–H and O–H groups in total. The van der Waals surface area contributed by atoms with Crippen LogP contribution in [-0.4, -0.2) is 54.9 Å². The van der Waals surface area contributed by atoms with E-state index in [1.807, 2.05) is 68.1 Å². The van der Waals surface area contributed by atoms with Gasteiger partial charge in [0.1, 0.15) is 5.75 Å². The third-order valence-electron chi connectivity index (χ3n) is 7.95. The molecule has 4 rings (SSSR count). The molecule has 2 aliphatic heterocycles. The summed E-state index contributed by atoms with van der Waals surface area (Å²) in [5.41, 5.74) is 1.61. The maximum atomic E-state index is 13.6. The number of methoxy groups -OCH3 is 1. The van der Waals surface area contributed by atoms with Crippen LogP contribution >= 0.6 is 24.0 Å². The Labute approximate surface area is 238 Å². The molecule has 38 heavy (non-hydrogen) atoms. The van der Waals surface area contributed by atoms with E-state index in [2.05, 4.69) is 16.3 Å². The van der Waals surface area contributed by atoms with Gasteiger partial charge in [0, 0.05) is 36.1 Å². The number of hydrogen-bond acceptors (Lipinski definition) is 4. The number of carbonyl (C=O) groups excluding carboxylic acids is 2. The molecule has 2 fully saturated rings. The van der Waals surface area contributed by atoms with Gasteiger partial charge in [0.25, 0.3) is 0 Å². The fourth-order valence-corrected chi connectivity index (χ4v) is 5.78. The van der Waals surface area contributed by atoms with Crippen LogP contribution in [0, 0.1) is 10.8 Å². The van der Waals surface area contributed by atoms with Crippen LogP contribution in [-0.2, 0) is 16.1 Å². The van der Waals surface area contributed by atoms with E-state index in [9.17, 15) is 9.59 Å². The normalized spacial score (nSPS) is 18.2. The molecule has 0 aromatic heterocycles. The standard InChI is InChI=1S/C30H40ClN3O3.ClH/c1-29(2,3)27(35)32-16-12-26(23-6-5-7-24(31)20-23)33-17-13-30(14-18-33)15-19-34(28(30)36)21-22-8-10-25(37-4)11-9-22;/h5-11,20,26H,12-19,21H2,1-4H3,(H,32,35);1H. The van der Waals surface area contributed by atoms with E-state index in [0.29, 0.717) is 19.0 Å². The number of piperidine rings is 1. The van der Waals surface area contributed by atoms with E-state index in [4.69, 9.17) is 16.3 Å². The topological polar surface area (TPSA) is 61.9 Å². The Kier molecular flexibility index (Phi) is 10.1. The molecule has 6 nitrogen and oxygen atoms in total. The predicted molar refractivity (Wildman–Crippen MR) is 155 cm³/mol. The van der Waals surface area contributed by atoms with Crippen LogP contribution < -0.4 is 10.1 Å². The summed E-state index contributed by atoms with van der Waals surface area (Å²) in [4.78, 5) is 30.5. The maximum Gasteiger partial charge on any atom is 0.229 e. The van der Waals surface area contributed by atoms with Gasteiger partial charge < -0.3 is 15.0 Å². The average molecular weight is 563 g/mol. The zero-order chi connectivity index (χ0) is 26.6. The molecule has 2 aliphatic rings. The van der Waals surface area contributed by atoms with Gasteiger partial charge >= 0.3 is 0 Å². The SMILES string of the molecule is COc1ccc(CN2CCC3(CCN(C(CCNC(=O)C(C)(C)C)c4cccc(Cl)c4)CC3)C2=O)cc1.Cl. The highest BCUT2D eigenvalue weighted by Crippen LogP contribution is 2.44. The minimum absolute atomic E-state index is 0. The van der Waals surface area contributed by atoms with E-state index in [-0.39, 0.29) is 29.8 Å². The highest BCUT2D eigenvalue weighted by molar-refractivity contribution is 6.30. The molecule has 0 aliphatic carbocycles. The smallest absolute Gasteiger partial charge is 0.229 e. The van der Waals surface area contributed by atoms with Gasteiger partial charge in [-0.25, -0.2) is 0 Å². The van der Waals surface area contributed by atoms with E-state index < -0.39 is 5.41 Å². The van der Waals surface area contributed by atoms with Gasteiger partial charge in [-0.1, -0.05) is 56.6 Å². The van der Waals surface area contributed by atoms with E-state index >= 15 is 0 Å². The Morgan fingerprint density at radius 3 is 2.34 bits per heavy atom. The molecule has 0 saturated carbocycles. The lowest BCUT2D eigenvalue weighted by atomic mass is 9.76. The molecule has 1 unspecified atom stereocenters. The van der Waals surface area contributed by atoms with Gasteiger partial charge in [-0.05, 0) is 74.2 Å². The molecule has 8 heteroatoms. The number of amides is 2. The van der Waals surface area contributed by atoms with Crippen LogP contribution in [0.1, 0.15) is 63.6 Å². The molecule has 1 atom stereocenters. The number of nitrogens with zero attached hydrogens (tertiary/aromatic N) is 2. The van der Waals surface area contributed by atoms with Crippen molar-refractivity contribution in [2.75, 3.05) is 33.3 Å². The zero-order valence-corrected chi connectivity index (χ0v) is 24.5. The largest absolute Gasteiger partial charge is 0.497 e. The molecular weight excluding hydrogens is 521 g/mol. The van der Waals surface area contributed by atoms with Crippen molar-refractivity contribution >= 4 is 35.8 Å². The third kappa shape index (κ3) is 7.02. The average Bonchev–Trinajstić information content (AvgIpc) is 3.17. The summed E-state index contributed by atoms with van der Waals surface area (Å²) in [6, 6.07) is 16.1. The fraction of sp³-hybridized carbons (Fsp3) is 0.533. The number of hydrogen-bond donors (Lipinski definition) is 1. The number of rotatable bonds is 8. The van der Waals surface area contributed by atoms with Crippen molar-refractivity contribution in [3.05, 3.63) is 64.7 Å². The van der Waals surface area contributed by atoms with Crippen LogP contribution in [0.15, 0.2) is 48.5 Å². The second kappa shape index (κ2) is 12.7. The molecule has 208 valence electrons. The molecule has 2 saturated heterocycles. The zero-order valence-electron chi connectivity index (χ0n) is 23.0. The van der Waals surface area contributed by atoms with Crippen LogP contribution in [0.4, 0.5) is 0 Å². The van der Waals surface area contributed by atoms with Crippen molar-refractivity contribution in [3.8, 4) is 5.75 Å². The Morgan fingerprint density at radius 1 is 1.08 bits per heavy atom. The molecular formula is C30H41Cl2N3O3. The van der Waals surface area contributed by atoms with Gasteiger partial charge in [0.15, 0.2) is 0 Å². The molecule has 2 heterocycles. The van der Waals surface area contributed by atoms with Gasteiger partial charge in [-0.2, -0.15) is 0 Å². The van der Waals surface area contributed by atoms with Crippen LogP contribution in [0.2, 0.25) is 5.02 Å². The minimum Gasteiger partial charge on any atom is -0.497 e. The van der Waals surface area contributed by atoms with Gasteiger partial charge in [-0.15, -0.1) is 12.4 Å². The molecule has 2 aromatic rings. The van der Waals surface area contributed by atoms with Crippen molar-refractivity contribution in [1.29, 1.82) is 0 Å². The minimum atomic E-state index is -0.413. The first-order valence-electron chi connectivity index (χ1n) is 13.3. The number of ether oxygens (including phenoxy) is 1. The number of halogens is 2. The lowest BCUT2D eigenvalue weighted by Gasteiger charge is -2.42. The highest BCUT2D eigenvalue weighted by atomic mass is 35.5. The van der Waals surface area contributed by atoms with Gasteiger partial charge in [0.05, 0.1) is 12.5 Å². The number of likely N-dealkylation sites (tertiary alicyclic amines) is 2. The third-order valence-corrected chi connectivity index (χ3v) is 8.18. The predicted octanol–water partition coefficient (Wildman–Crippen LogP) is 5.88. The van der Waals surface area contributed by atoms with Gasteiger partial charge in [-0.3, -0.25) is 14.5 Å². The molecule has 2 amide bonds. The Balaban J connectivity index is 0.00000400. The summed E-state index contributed by atoms with van der Waals surface area (Å²) < 4.78 is 5.26. The Bertz CT molecular complexity index is 1090. The maximum absolute atomic E-state index is 13.6.